The summed E-state index contributed by atoms with van der Waals surface area (Å²) in [6.07, 6.45) is 0. The number of halogens is 2. The van der Waals surface area contributed by atoms with Crippen molar-refractivity contribution < 1.29 is 8.78 Å². The van der Waals surface area contributed by atoms with Crippen LogP contribution in [0.2, 0.25) is 0 Å². The Morgan fingerprint density at radius 1 is 1.14 bits per heavy atom. The number of hydrogen-bond donors (Lipinski definition) is 1. The smallest absolute Gasteiger partial charge is 0.132 e. The number of benzene rings is 1. The lowest BCUT2D eigenvalue weighted by Gasteiger charge is -2.22. The Kier molecular flexibility index (Phi) is 2.63. The summed E-state index contributed by atoms with van der Waals surface area (Å²) in [4.78, 5) is 0. The van der Waals surface area contributed by atoms with Crippen LogP contribution in [0.15, 0.2) is 6.07 Å². The maximum Gasteiger partial charge on any atom is 0.132 e. The Morgan fingerprint density at radius 3 is 2.07 bits per heavy atom. The minimum absolute atomic E-state index is 0.0514. The Bertz CT molecular complexity index is 365. The van der Waals surface area contributed by atoms with Crippen LogP contribution >= 0.6 is 0 Å². The topological polar surface area (TPSA) is 26.0 Å². The molecule has 3 heteroatoms. The predicted octanol–water partition coefficient (Wildman–Crippen LogP) is 2.78. The van der Waals surface area contributed by atoms with E-state index in [1.807, 2.05) is 0 Å². The molecule has 0 atom stereocenters. The molecule has 0 amide bonds. The van der Waals surface area contributed by atoms with Crippen LogP contribution in [0.1, 0.15) is 30.5 Å². The lowest BCUT2D eigenvalue weighted by molar-refractivity contribution is 0.512. The molecule has 0 bridgehead atoms. The molecule has 0 aromatic heterocycles. The first kappa shape index (κ1) is 11.1. The van der Waals surface area contributed by atoms with Crippen LogP contribution in [0.5, 0.6) is 0 Å². The van der Waals surface area contributed by atoms with Crippen LogP contribution in [0.25, 0.3) is 0 Å². The van der Waals surface area contributed by atoms with Crippen molar-refractivity contribution in [3.8, 4) is 0 Å². The van der Waals surface area contributed by atoms with E-state index >= 15 is 0 Å². The molecule has 0 radical (unpaired) electrons. The van der Waals surface area contributed by atoms with Gasteiger partial charge in [-0.1, -0.05) is 0 Å². The SMILES string of the molecule is Cc1c(F)cc(C(C)(C)N)c(C)c1F. The summed E-state index contributed by atoms with van der Waals surface area (Å²) in [6.45, 7) is 6.49. The molecule has 1 aromatic carbocycles. The van der Waals surface area contributed by atoms with Gasteiger partial charge in [0, 0.05) is 11.1 Å². The zero-order valence-electron chi connectivity index (χ0n) is 8.91. The van der Waals surface area contributed by atoms with Crippen molar-refractivity contribution in [2.24, 2.45) is 5.73 Å². The van der Waals surface area contributed by atoms with Crippen molar-refractivity contribution in [2.75, 3.05) is 0 Å². The van der Waals surface area contributed by atoms with Crippen LogP contribution < -0.4 is 5.73 Å². The first-order chi connectivity index (χ1) is 6.25. The summed E-state index contributed by atoms with van der Waals surface area (Å²) in [5, 5.41) is 0. The van der Waals surface area contributed by atoms with E-state index in [0.717, 1.165) is 0 Å². The summed E-state index contributed by atoms with van der Waals surface area (Å²) >= 11 is 0. The largest absolute Gasteiger partial charge is 0.322 e. The van der Waals surface area contributed by atoms with E-state index in [2.05, 4.69) is 0 Å². The first-order valence-electron chi connectivity index (χ1n) is 4.49. The van der Waals surface area contributed by atoms with Crippen LogP contribution in [-0.4, -0.2) is 0 Å². The molecule has 0 spiro atoms. The molecular formula is C11H15F2N. The highest BCUT2D eigenvalue weighted by atomic mass is 19.1. The summed E-state index contributed by atoms with van der Waals surface area (Å²) in [7, 11) is 0. The van der Waals surface area contributed by atoms with Gasteiger partial charge in [-0.25, -0.2) is 8.78 Å². The molecule has 0 fully saturated rings. The Morgan fingerprint density at radius 2 is 1.64 bits per heavy atom. The fourth-order valence-electron chi connectivity index (χ4n) is 1.52. The van der Waals surface area contributed by atoms with E-state index in [1.54, 1.807) is 20.8 Å². The van der Waals surface area contributed by atoms with Crippen molar-refractivity contribution in [2.45, 2.75) is 33.2 Å². The maximum atomic E-state index is 13.5. The molecule has 0 heterocycles. The molecular weight excluding hydrogens is 184 g/mol. The average Bonchev–Trinajstić information content (AvgIpc) is 2.06. The fraction of sp³-hybridized carbons (Fsp3) is 0.455. The standard InChI is InChI=1S/C11H15F2N/c1-6-8(11(3,4)14)5-9(12)7(2)10(6)13/h5H,14H2,1-4H3. The molecule has 0 saturated heterocycles. The summed E-state index contributed by atoms with van der Waals surface area (Å²) in [6, 6.07) is 1.31. The van der Waals surface area contributed by atoms with E-state index in [9.17, 15) is 8.78 Å². The zero-order valence-corrected chi connectivity index (χ0v) is 8.91. The number of hydrogen-bond acceptors (Lipinski definition) is 1. The van der Waals surface area contributed by atoms with Crippen LogP contribution in [0.4, 0.5) is 8.78 Å². The second-order valence-corrected chi connectivity index (χ2v) is 4.19. The van der Waals surface area contributed by atoms with Crippen molar-refractivity contribution >= 4 is 0 Å². The predicted molar refractivity (Wildman–Crippen MR) is 53.0 cm³/mol. The second-order valence-electron chi connectivity index (χ2n) is 4.19. The summed E-state index contributed by atoms with van der Waals surface area (Å²) in [5.74, 6) is -1.04. The minimum Gasteiger partial charge on any atom is -0.322 e. The molecule has 0 aliphatic heterocycles. The van der Waals surface area contributed by atoms with Gasteiger partial charge >= 0.3 is 0 Å². The normalized spacial score (nSPS) is 11.9. The third kappa shape index (κ3) is 1.77. The van der Waals surface area contributed by atoms with Crippen molar-refractivity contribution in [3.63, 3.8) is 0 Å². The molecule has 0 unspecified atom stereocenters. The van der Waals surface area contributed by atoms with Gasteiger partial charge in [0.15, 0.2) is 0 Å². The molecule has 1 nitrogen and oxygen atoms in total. The highest BCUT2D eigenvalue weighted by molar-refractivity contribution is 5.37. The lowest BCUT2D eigenvalue weighted by Crippen LogP contribution is -2.30. The quantitative estimate of drug-likeness (QED) is 0.739. The third-order valence-corrected chi connectivity index (χ3v) is 2.39. The number of nitrogens with two attached hydrogens (primary N) is 1. The van der Waals surface area contributed by atoms with Gasteiger partial charge < -0.3 is 5.73 Å². The summed E-state index contributed by atoms with van der Waals surface area (Å²) < 4.78 is 26.7. The molecule has 0 aliphatic carbocycles. The maximum absolute atomic E-state index is 13.5. The fourth-order valence-corrected chi connectivity index (χ4v) is 1.52. The molecule has 0 saturated carbocycles. The van der Waals surface area contributed by atoms with Crippen LogP contribution in [-0.2, 0) is 5.54 Å². The lowest BCUT2D eigenvalue weighted by atomic mass is 9.90. The molecule has 2 N–H and O–H groups in total. The van der Waals surface area contributed by atoms with Crippen molar-refractivity contribution in [1.82, 2.24) is 0 Å². The van der Waals surface area contributed by atoms with Gasteiger partial charge in [0.2, 0.25) is 0 Å². The van der Waals surface area contributed by atoms with Gasteiger partial charge in [-0.3, -0.25) is 0 Å². The van der Waals surface area contributed by atoms with E-state index in [-0.39, 0.29) is 5.56 Å². The van der Waals surface area contributed by atoms with E-state index in [1.165, 1.54) is 13.0 Å². The van der Waals surface area contributed by atoms with E-state index in [0.29, 0.717) is 11.1 Å². The zero-order chi connectivity index (χ0) is 11.1. The van der Waals surface area contributed by atoms with E-state index in [4.69, 9.17) is 5.73 Å². The van der Waals surface area contributed by atoms with Crippen LogP contribution in [0.3, 0.4) is 0 Å². The summed E-state index contributed by atoms with van der Waals surface area (Å²) in [5.41, 5.74) is 6.08. The highest BCUT2D eigenvalue weighted by Crippen LogP contribution is 2.26. The molecule has 1 rings (SSSR count). The first-order valence-corrected chi connectivity index (χ1v) is 4.49. The Labute approximate surface area is 82.9 Å². The Balaban J connectivity index is 3.49. The van der Waals surface area contributed by atoms with Crippen LogP contribution in [0, 0.1) is 25.5 Å². The van der Waals surface area contributed by atoms with Gasteiger partial charge in [0.1, 0.15) is 11.6 Å². The molecule has 0 aliphatic rings. The minimum atomic E-state index is -0.723. The number of rotatable bonds is 1. The molecule has 1 aromatic rings. The van der Waals surface area contributed by atoms with Crippen molar-refractivity contribution in [1.29, 1.82) is 0 Å². The van der Waals surface area contributed by atoms with Gasteiger partial charge in [0.25, 0.3) is 0 Å². The van der Waals surface area contributed by atoms with Gasteiger partial charge in [-0.05, 0) is 44.9 Å². The average molecular weight is 199 g/mol. The van der Waals surface area contributed by atoms with Gasteiger partial charge in [-0.15, -0.1) is 0 Å². The molecule has 78 valence electrons. The molecule has 14 heavy (non-hydrogen) atoms. The highest BCUT2D eigenvalue weighted by Gasteiger charge is 2.21. The van der Waals surface area contributed by atoms with Gasteiger partial charge in [0.05, 0.1) is 0 Å². The monoisotopic (exact) mass is 199 g/mol. The second kappa shape index (κ2) is 3.31. The Hall–Kier alpha value is -0.960. The van der Waals surface area contributed by atoms with Crippen molar-refractivity contribution in [3.05, 3.63) is 34.4 Å². The third-order valence-electron chi connectivity index (χ3n) is 2.39. The van der Waals surface area contributed by atoms with E-state index < -0.39 is 17.2 Å². The van der Waals surface area contributed by atoms with Gasteiger partial charge in [-0.2, -0.15) is 0 Å².